The highest BCUT2D eigenvalue weighted by Crippen LogP contribution is 2.42. The van der Waals surface area contributed by atoms with E-state index in [-0.39, 0.29) is 11.5 Å². The molecular weight excluding hydrogens is 312 g/mol. The molecule has 1 aromatic rings. The Bertz CT molecular complexity index is 651. The zero-order chi connectivity index (χ0) is 17.6. The maximum atomic E-state index is 12.5. The van der Waals surface area contributed by atoms with Crippen molar-refractivity contribution >= 4 is 5.91 Å². The van der Waals surface area contributed by atoms with Crippen LogP contribution < -0.4 is 4.74 Å². The molecule has 25 heavy (non-hydrogen) atoms. The van der Waals surface area contributed by atoms with E-state index in [1.807, 2.05) is 11.9 Å². The van der Waals surface area contributed by atoms with E-state index >= 15 is 0 Å². The lowest BCUT2D eigenvalue weighted by Gasteiger charge is -2.43. The summed E-state index contributed by atoms with van der Waals surface area (Å²) < 4.78 is 6.58. The first-order valence-corrected chi connectivity index (χ1v) is 9.69. The summed E-state index contributed by atoms with van der Waals surface area (Å²) in [6.45, 7) is 4.09. The summed E-state index contributed by atoms with van der Waals surface area (Å²) in [5.41, 5.74) is 1.17. The van der Waals surface area contributed by atoms with Crippen LogP contribution in [0.4, 0.5) is 0 Å². The van der Waals surface area contributed by atoms with Gasteiger partial charge in [-0.05, 0) is 51.1 Å². The number of para-hydroxylation sites is 1. The van der Waals surface area contributed by atoms with Crippen molar-refractivity contribution in [1.29, 1.82) is 0 Å². The van der Waals surface area contributed by atoms with Crippen molar-refractivity contribution in [3.8, 4) is 5.75 Å². The molecule has 136 valence electrons. The Labute approximate surface area is 151 Å². The summed E-state index contributed by atoms with van der Waals surface area (Å²) in [5, 5.41) is 0. The summed E-state index contributed by atoms with van der Waals surface area (Å²) in [6.07, 6.45) is 5.20. The third-order valence-electron chi connectivity index (χ3n) is 6.49. The molecule has 2 atom stereocenters. The Morgan fingerprint density at radius 3 is 2.64 bits per heavy atom. The first kappa shape index (κ1) is 16.9. The number of fused-ring (bicyclic) bond motifs is 1. The largest absolute Gasteiger partial charge is 0.486 e. The van der Waals surface area contributed by atoms with Crippen LogP contribution in [0.15, 0.2) is 24.3 Å². The molecule has 0 radical (unpaired) electrons. The first-order valence-electron chi connectivity index (χ1n) is 9.69. The molecule has 3 aliphatic rings. The molecule has 1 amide bonds. The normalized spacial score (nSPS) is 34.8. The average Bonchev–Trinajstić information content (AvgIpc) is 3.34. The van der Waals surface area contributed by atoms with Crippen LogP contribution in [-0.4, -0.2) is 48.0 Å². The fourth-order valence-electron chi connectivity index (χ4n) is 4.72. The fraction of sp³-hybridized carbons (Fsp3) is 0.667. The quantitative estimate of drug-likeness (QED) is 0.827. The highest BCUT2D eigenvalue weighted by atomic mass is 16.5. The van der Waals surface area contributed by atoms with E-state index in [4.69, 9.17) is 4.74 Å². The average molecular weight is 342 g/mol. The Kier molecular flexibility index (Phi) is 4.27. The van der Waals surface area contributed by atoms with Gasteiger partial charge in [0, 0.05) is 37.7 Å². The molecule has 1 spiro atoms. The third-order valence-corrected chi connectivity index (χ3v) is 6.49. The van der Waals surface area contributed by atoms with Crippen LogP contribution >= 0.6 is 0 Å². The second-order valence-electron chi connectivity index (χ2n) is 8.56. The molecular formula is C21H30N2O2. The molecule has 1 aliphatic heterocycles. The molecule has 0 saturated heterocycles. The number of rotatable bonds is 2. The number of hydrogen-bond acceptors (Lipinski definition) is 3. The molecule has 4 nitrogen and oxygen atoms in total. The van der Waals surface area contributed by atoms with E-state index in [2.05, 4.69) is 43.1 Å². The molecule has 1 aromatic carbocycles. The van der Waals surface area contributed by atoms with Gasteiger partial charge in [-0.2, -0.15) is 0 Å². The van der Waals surface area contributed by atoms with E-state index in [1.54, 1.807) is 0 Å². The highest BCUT2D eigenvalue weighted by Gasteiger charge is 2.45. The van der Waals surface area contributed by atoms with Crippen molar-refractivity contribution in [2.24, 2.45) is 11.8 Å². The predicted molar refractivity (Wildman–Crippen MR) is 98.4 cm³/mol. The van der Waals surface area contributed by atoms with Crippen LogP contribution in [-0.2, 0) is 11.3 Å². The molecule has 0 bridgehead atoms. The van der Waals surface area contributed by atoms with Crippen molar-refractivity contribution in [2.75, 3.05) is 20.6 Å². The molecule has 0 N–H and O–H groups in total. The standard InChI is InChI=1S/C21H30N2O2/c1-15-12-18(15)20(24)23(3)17-8-10-21(11-9-17)14-22(2)13-16-6-4-5-7-19(16)25-21/h4-7,15,17-18H,8-14H2,1-3H3. The molecule has 0 aromatic heterocycles. The van der Waals surface area contributed by atoms with E-state index in [0.717, 1.165) is 50.9 Å². The van der Waals surface area contributed by atoms with Gasteiger partial charge in [-0.3, -0.25) is 9.69 Å². The minimum Gasteiger partial charge on any atom is -0.486 e. The van der Waals surface area contributed by atoms with Gasteiger partial charge in [0.1, 0.15) is 11.4 Å². The Hall–Kier alpha value is -1.55. The molecule has 2 aliphatic carbocycles. The van der Waals surface area contributed by atoms with Crippen LogP contribution in [0.5, 0.6) is 5.75 Å². The monoisotopic (exact) mass is 342 g/mol. The number of hydrogen-bond donors (Lipinski definition) is 0. The minimum atomic E-state index is -0.103. The van der Waals surface area contributed by atoms with Gasteiger partial charge in [-0.25, -0.2) is 0 Å². The van der Waals surface area contributed by atoms with Crippen LogP contribution in [0.25, 0.3) is 0 Å². The number of benzene rings is 1. The van der Waals surface area contributed by atoms with Crippen molar-refractivity contribution in [3.05, 3.63) is 29.8 Å². The highest BCUT2D eigenvalue weighted by molar-refractivity contribution is 5.81. The van der Waals surface area contributed by atoms with E-state index in [0.29, 0.717) is 17.9 Å². The van der Waals surface area contributed by atoms with Gasteiger partial charge in [0.05, 0.1) is 0 Å². The van der Waals surface area contributed by atoms with Crippen molar-refractivity contribution in [1.82, 2.24) is 9.80 Å². The van der Waals surface area contributed by atoms with E-state index in [1.165, 1.54) is 5.56 Å². The van der Waals surface area contributed by atoms with Gasteiger partial charge in [0.25, 0.3) is 0 Å². The maximum absolute atomic E-state index is 12.5. The summed E-state index contributed by atoms with van der Waals surface area (Å²) in [4.78, 5) is 17.0. The lowest BCUT2D eigenvalue weighted by molar-refractivity contribution is -0.135. The minimum absolute atomic E-state index is 0.103. The maximum Gasteiger partial charge on any atom is 0.225 e. The fourth-order valence-corrected chi connectivity index (χ4v) is 4.72. The molecule has 2 fully saturated rings. The second-order valence-corrected chi connectivity index (χ2v) is 8.56. The topological polar surface area (TPSA) is 32.8 Å². The Morgan fingerprint density at radius 1 is 1.28 bits per heavy atom. The summed E-state index contributed by atoms with van der Waals surface area (Å²) in [7, 11) is 4.19. The van der Waals surface area contributed by atoms with Gasteiger partial charge in [-0.15, -0.1) is 0 Å². The molecule has 4 heteroatoms. The van der Waals surface area contributed by atoms with Crippen LogP contribution in [0.1, 0.15) is 44.6 Å². The predicted octanol–water partition coefficient (Wildman–Crippen LogP) is 3.31. The van der Waals surface area contributed by atoms with Crippen LogP contribution in [0, 0.1) is 11.8 Å². The van der Waals surface area contributed by atoms with Crippen molar-refractivity contribution in [2.45, 2.75) is 57.2 Å². The molecule has 1 heterocycles. The molecule has 2 unspecified atom stereocenters. The molecule has 2 saturated carbocycles. The zero-order valence-corrected chi connectivity index (χ0v) is 15.7. The number of amides is 1. The third kappa shape index (κ3) is 3.29. The van der Waals surface area contributed by atoms with Gasteiger partial charge < -0.3 is 9.64 Å². The van der Waals surface area contributed by atoms with Gasteiger partial charge in [0.2, 0.25) is 5.91 Å². The lowest BCUT2D eigenvalue weighted by Crippen LogP contribution is -2.51. The number of carbonyl (C=O) groups is 1. The van der Waals surface area contributed by atoms with Gasteiger partial charge in [0.15, 0.2) is 0 Å². The summed E-state index contributed by atoms with van der Waals surface area (Å²) >= 11 is 0. The van der Waals surface area contributed by atoms with Gasteiger partial charge >= 0.3 is 0 Å². The number of likely N-dealkylation sites (N-methyl/N-ethyl adjacent to an activating group) is 1. The van der Waals surface area contributed by atoms with E-state index < -0.39 is 0 Å². The summed E-state index contributed by atoms with van der Waals surface area (Å²) in [5.74, 6) is 2.27. The molecule has 4 rings (SSSR count). The zero-order valence-electron chi connectivity index (χ0n) is 15.7. The SMILES string of the molecule is CC1CC1C(=O)N(C)C1CCC2(CC1)CN(C)Cc1ccccc1O2. The number of nitrogens with zero attached hydrogens (tertiary/aromatic N) is 2. The van der Waals surface area contributed by atoms with Crippen molar-refractivity contribution in [3.63, 3.8) is 0 Å². The van der Waals surface area contributed by atoms with Crippen molar-refractivity contribution < 1.29 is 9.53 Å². The first-order chi connectivity index (χ1) is 12.0. The number of carbonyl (C=O) groups excluding carboxylic acids is 1. The van der Waals surface area contributed by atoms with Crippen LogP contribution in [0.3, 0.4) is 0 Å². The summed E-state index contributed by atoms with van der Waals surface area (Å²) in [6, 6.07) is 8.79. The van der Waals surface area contributed by atoms with E-state index in [9.17, 15) is 4.79 Å². The van der Waals surface area contributed by atoms with Crippen LogP contribution in [0.2, 0.25) is 0 Å². The second kappa shape index (κ2) is 6.31. The number of ether oxygens (including phenoxy) is 1. The Balaban J connectivity index is 1.44. The smallest absolute Gasteiger partial charge is 0.225 e. The van der Waals surface area contributed by atoms with Gasteiger partial charge in [-0.1, -0.05) is 25.1 Å². The Morgan fingerprint density at radius 2 is 1.96 bits per heavy atom. The lowest BCUT2D eigenvalue weighted by atomic mass is 9.81.